The molecule has 1 aliphatic heterocycles. The van der Waals surface area contributed by atoms with Gasteiger partial charge in [-0.15, -0.1) is 11.3 Å². The molecule has 1 aromatic heterocycles. The molecule has 1 aliphatic rings. The van der Waals surface area contributed by atoms with Gasteiger partial charge in [0.05, 0.1) is 0 Å². The Kier molecular flexibility index (Phi) is 5.98. The van der Waals surface area contributed by atoms with Gasteiger partial charge in [0.25, 0.3) is 10.0 Å². The number of amides is 1. The van der Waals surface area contributed by atoms with E-state index in [9.17, 15) is 13.2 Å². The van der Waals surface area contributed by atoms with Crippen molar-refractivity contribution in [1.82, 2.24) is 9.62 Å². The van der Waals surface area contributed by atoms with Crippen molar-refractivity contribution in [3.05, 3.63) is 52.4 Å². The zero-order chi connectivity index (χ0) is 20.5. The highest BCUT2D eigenvalue weighted by Gasteiger charge is 2.39. The van der Waals surface area contributed by atoms with Crippen molar-refractivity contribution in [3.8, 4) is 0 Å². The van der Waals surface area contributed by atoms with Crippen LogP contribution >= 0.6 is 11.3 Å². The summed E-state index contributed by atoms with van der Waals surface area (Å²) in [6, 6.07) is 11.0. The Morgan fingerprint density at radius 3 is 2.43 bits per heavy atom. The van der Waals surface area contributed by atoms with Gasteiger partial charge in [0.2, 0.25) is 5.91 Å². The average molecular weight is 421 g/mol. The van der Waals surface area contributed by atoms with E-state index in [-0.39, 0.29) is 11.3 Å². The van der Waals surface area contributed by atoms with Gasteiger partial charge in [-0.05, 0) is 48.4 Å². The molecule has 0 saturated carbocycles. The molecule has 2 aromatic rings. The summed E-state index contributed by atoms with van der Waals surface area (Å²) in [6.45, 7) is 9.14. The Morgan fingerprint density at radius 2 is 1.86 bits per heavy atom. The highest BCUT2D eigenvalue weighted by Crippen LogP contribution is 2.30. The van der Waals surface area contributed by atoms with E-state index in [0.29, 0.717) is 30.1 Å². The van der Waals surface area contributed by atoms with Crippen molar-refractivity contribution in [2.75, 3.05) is 6.54 Å². The minimum Gasteiger partial charge on any atom is -0.351 e. The number of carbonyl (C=O) groups is 1. The maximum Gasteiger partial charge on any atom is 0.253 e. The van der Waals surface area contributed by atoms with Gasteiger partial charge in [-0.2, -0.15) is 4.31 Å². The SMILES string of the molecule is Cc1ccc(S(=O)(=O)N2CCCC2C(=O)NCc2ccc(C(C)(C)C)cc2)s1. The standard InChI is InChI=1S/C21H28N2O3S2/c1-15-7-12-19(27-15)28(25,26)23-13-5-6-18(23)20(24)22-14-16-8-10-17(11-9-16)21(2,3)4/h7-12,18H,5-6,13-14H2,1-4H3,(H,22,24). The zero-order valence-corrected chi connectivity index (χ0v) is 18.5. The van der Waals surface area contributed by atoms with Crippen LogP contribution in [0.2, 0.25) is 0 Å². The number of sulfonamides is 1. The molecule has 0 radical (unpaired) electrons. The monoisotopic (exact) mass is 420 g/mol. The summed E-state index contributed by atoms with van der Waals surface area (Å²) >= 11 is 1.25. The molecule has 152 valence electrons. The topological polar surface area (TPSA) is 66.5 Å². The molecule has 7 heteroatoms. The number of nitrogens with zero attached hydrogens (tertiary/aromatic N) is 1. The van der Waals surface area contributed by atoms with Crippen LogP contribution in [0.15, 0.2) is 40.6 Å². The summed E-state index contributed by atoms with van der Waals surface area (Å²) in [5.74, 6) is -0.228. The lowest BCUT2D eigenvalue weighted by atomic mass is 9.87. The maximum atomic E-state index is 12.9. The number of rotatable bonds is 5. The number of aryl methyl sites for hydroxylation is 1. The molecule has 0 spiro atoms. The van der Waals surface area contributed by atoms with Crippen molar-refractivity contribution in [2.24, 2.45) is 0 Å². The van der Waals surface area contributed by atoms with E-state index in [2.05, 4.69) is 38.2 Å². The number of hydrogen-bond donors (Lipinski definition) is 1. The number of hydrogen-bond acceptors (Lipinski definition) is 4. The van der Waals surface area contributed by atoms with Crippen LogP contribution in [0.3, 0.4) is 0 Å². The fourth-order valence-corrected chi connectivity index (χ4v) is 6.45. The molecule has 28 heavy (non-hydrogen) atoms. The lowest BCUT2D eigenvalue weighted by molar-refractivity contribution is -0.124. The average Bonchev–Trinajstić information content (AvgIpc) is 3.29. The normalized spacial score (nSPS) is 18.4. The quantitative estimate of drug-likeness (QED) is 0.800. The molecular formula is C21H28N2O3S2. The zero-order valence-electron chi connectivity index (χ0n) is 16.9. The third kappa shape index (κ3) is 4.47. The highest BCUT2D eigenvalue weighted by atomic mass is 32.2. The van der Waals surface area contributed by atoms with E-state index in [1.165, 1.54) is 21.2 Å². The Labute approximate surface area is 171 Å². The molecular weight excluding hydrogens is 392 g/mol. The summed E-state index contributed by atoms with van der Waals surface area (Å²) in [4.78, 5) is 13.7. The molecule has 5 nitrogen and oxygen atoms in total. The highest BCUT2D eigenvalue weighted by molar-refractivity contribution is 7.91. The first-order chi connectivity index (χ1) is 13.1. The van der Waals surface area contributed by atoms with E-state index in [0.717, 1.165) is 10.4 Å². The van der Waals surface area contributed by atoms with Crippen LogP contribution in [0.1, 0.15) is 49.6 Å². The van der Waals surface area contributed by atoms with E-state index in [1.807, 2.05) is 19.1 Å². The number of benzene rings is 1. The van der Waals surface area contributed by atoms with Crippen LogP contribution in [0.4, 0.5) is 0 Å². The van der Waals surface area contributed by atoms with Gasteiger partial charge in [0.1, 0.15) is 10.3 Å². The summed E-state index contributed by atoms with van der Waals surface area (Å²) in [5, 5.41) is 2.92. The fourth-order valence-electron chi connectivity index (χ4n) is 3.39. The molecule has 1 saturated heterocycles. The van der Waals surface area contributed by atoms with E-state index >= 15 is 0 Å². The van der Waals surface area contributed by atoms with Gasteiger partial charge in [0, 0.05) is 18.0 Å². The van der Waals surface area contributed by atoms with Crippen molar-refractivity contribution in [3.63, 3.8) is 0 Å². The van der Waals surface area contributed by atoms with Crippen LogP contribution in [-0.4, -0.2) is 31.2 Å². The van der Waals surface area contributed by atoms with E-state index in [1.54, 1.807) is 12.1 Å². The van der Waals surface area contributed by atoms with Gasteiger partial charge in [-0.3, -0.25) is 4.79 Å². The third-order valence-electron chi connectivity index (χ3n) is 5.07. The molecule has 1 unspecified atom stereocenters. The summed E-state index contributed by atoms with van der Waals surface area (Å²) in [5.41, 5.74) is 2.32. The van der Waals surface area contributed by atoms with Crippen LogP contribution in [0, 0.1) is 6.92 Å². The predicted molar refractivity (Wildman–Crippen MR) is 113 cm³/mol. The molecule has 1 aromatic carbocycles. The van der Waals surface area contributed by atoms with E-state index < -0.39 is 16.1 Å². The lowest BCUT2D eigenvalue weighted by Gasteiger charge is -2.23. The molecule has 1 atom stereocenters. The summed E-state index contributed by atoms with van der Waals surface area (Å²) < 4.78 is 27.5. The molecule has 1 amide bonds. The Balaban J connectivity index is 1.67. The van der Waals surface area contributed by atoms with Crippen LogP contribution < -0.4 is 5.32 Å². The number of carbonyl (C=O) groups excluding carboxylic acids is 1. The van der Waals surface area contributed by atoms with Crippen molar-refractivity contribution in [1.29, 1.82) is 0 Å². The van der Waals surface area contributed by atoms with Crippen molar-refractivity contribution >= 4 is 27.3 Å². The van der Waals surface area contributed by atoms with Crippen LogP contribution in [0.25, 0.3) is 0 Å². The largest absolute Gasteiger partial charge is 0.351 e. The number of thiophene rings is 1. The van der Waals surface area contributed by atoms with Gasteiger partial charge in [-0.25, -0.2) is 8.42 Å². The Hall–Kier alpha value is -1.70. The second-order valence-electron chi connectivity index (χ2n) is 8.30. The van der Waals surface area contributed by atoms with Gasteiger partial charge in [-0.1, -0.05) is 45.0 Å². The predicted octanol–water partition coefficient (Wildman–Crippen LogP) is 3.82. The maximum absolute atomic E-state index is 12.9. The Bertz CT molecular complexity index is 941. The van der Waals surface area contributed by atoms with Crippen molar-refractivity contribution in [2.45, 2.75) is 62.7 Å². The molecule has 3 rings (SSSR count). The number of nitrogens with one attached hydrogen (secondary N) is 1. The molecule has 0 aliphatic carbocycles. The molecule has 0 bridgehead atoms. The fraction of sp³-hybridized carbons (Fsp3) is 0.476. The van der Waals surface area contributed by atoms with E-state index in [4.69, 9.17) is 0 Å². The smallest absolute Gasteiger partial charge is 0.253 e. The minimum absolute atomic E-state index is 0.0840. The second kappa shape index (κ2) is 7.97. The van der Waals surface area contributed by atoms with Crippen LogP contribution in [-0.2, 0) is 26.8 Å². The van der Waals surface area contributed by atoms with Gasteiger partial charge < -0.3 is 5.32 Å². The summed E-state index contributed by atoms with van der Waals surface area (Å²) in [7, 11) is -3.63. The van der Waals surface area contributed by atoms with Crippen LogP contribution in [0.5, 0.6) is 0 Å². The second-order valence-corrected chi connectivity index (χ2v) is 11.7. The van der Waals surface area contributed by atoms with Crippen molar-refractivity contribution < 1.29 is 13.2 Å². The molecule has 1 fully saturated rings. The Morgan fingerprint density at radius 1 is 1.18 bits per heavy atom. The lowest BCUT2D eigenvalue weighted by Crippen LogP contribution is -2.45. The van der Waals surface area contributed by atoms with Gasteiger partial charge >= 0.3 is 0 Å². The molecule has 1 N–H and O–H groups in total. The van der Waals surface area contributed by atoms with Gasteiger partial charge in [0.15, 0.2) is 0 Å². The first-order valence-corrected chi connectivity index (χ1v) is 11.8. The minimum atomic E-state index is -3.63. The molecule has 2 heterocycles. The first kappa shape index (κ1) is 21.0. The third-order valence-corrected chi connectivity index (χ3v) is 8.45. The summed E-state index contributed by atoms with van der Waals surface area (Å²) in [6.07, 6.45) is 1.25. The first-order valence-electron chi connectivity index (χ1n) is 9.54.